The molecule has 0 spiro atoms. The minimum absolute atomic E-state index is 0.968. The molecule has 0 aromatic carbocycles. The standard InChI is InChI=1S/C10H17NO/c1-3-4-5-6-7-8-9-10-11-12-2/h10H,3-7H2,1-2H3/b11-10+. The fraction of sp³-hybridized carbons (Fsp3) is 0.700. The fourth-order valence-corrected chi connectivity index (χ4v) is 0.837. The summed E-state index contributed by atoms with van der Waals surface area (Å²) in [5.41, 5.74) is 0. The first kappa shape index (κ1) is 11.0. The molecule has 0 atom stereocenters. The number of hydrogen-bond donors (Lipinski definition) is 0. The highest BCUT2D eigenvalue weighted by molar-refractivity contribution is 5.77. The Morgan fingerprint density at radius 2 is 2.17 bits per heavy atom. The van der Waals surface area contributed by atoms with Crippen molar-refractivity contribution in [3.63, 3.8) is 0 Å². The number of oxime groups is 1. The van der Waals surface area contributed by atoms with E-state index in [-0.39, 0.29) is 0 Å². The van der Waals surface area contributed by atoms with E-state index in [9.17, 15) is 0 Å². The van der Waals surface area contributed by atoms with Crippen molar-refractivity contribution >= 4 is 6.21 Å². The van der Waals surface area contributed by atoms with Gasteiger partial charge in [-0.05, 0) is 6.42 Å². The maximum atomic E-state index is 4.45. The second kappa shape index (κ2) is 10.0. The van der Waals surface area contributed by atoms with E-state index in [1.165, 1.54) is 39.0 Å². The van der Waals surface area contributed by atoms with E-state index in [0.717, 1.165) is 6.42 Å². The fourth-order valence-electron chi connectivity index (χ4n) is 0.837. The topological polar surface area (TPSA) is 21.6 Å². The Morgan fingerprint density at radius 1 is 1.33 bits per heavy atom. The van der Waals surface area contributed by atoms with E-state index in [1.54, 1.807) is 0 Å². The minimum atomic E-state index is 0.968. The Balaban J connectivity index is 3.15. The molecule has 0 aromatic heterocycles. The average Bonchev–Trinajstić information content (AvgIpc) is 2.10. The highest BCUT2D eigenvalue weighted by Crippen LogP contribution is 2.00. The van der Waals surface area contributed by atoms with Crippen molar-refractivity contribution in [1.82, 2.24) is 0 Å². The molecule has 0 unspecified atom stereocenters. The van der Waals surface area contributed by atoms with Crippen molar-refractivity contribution in [3.05, 3.63) is 0 Å². The Labute approximate surface area is 75.0 Å². The zero-order chi connectivity index (χ0) is 9.07. The van der Waals surface area contributed by atoms with Crippen LogP contribution in [0.2, 0.25) is 0 Å². The molecule has 0 amide bonds. The van der Waals surface area contributed by atoms with Crippen LogP contribution in [0.4, 0.5) is 0 Å². The molecule has 2 heteroatoms. The smallest absolute Gasteiger partial charge is 0.116 e. The van der Waals surface area contributed by atoms with Gasteiger partial charge in [0.1, 0.15) is 13.3 Å². The monoisotopic (exact) mass is 167 g/mol. The van der Waals surface area contributed by atoms with Gasteiger partial charge in [-0.3, -0.25) is 0 Å². The minimum Gasteiger partial charge on any atom is -0.399 e. The van der Waals surface area contributed by atoms with E-state index < -0.39 is 0 Å². The van der Waals surface area contributed by atoms with Crippen LogP contribution in [-0.2, 0) is 4.84 Å². The largest absolute Gasteiger partial charge is 0.399 e. The van der Waals surface area contributed by atoms with E-state index >= 15 is 0 Å². The second-order valence-electron chi connectivity index (χ2n) is 2.55. The van der Waals surface area contributed by atoms with Crippen molar-refractivity contribution in [2.24, 2.45) is 5.16 Å². The average molecular weight is 167 g/mol. The number of nitrogens with zero attached hydrogens (tertiary/aromatic N) is 1. The summed E-state index contributed by atoms with van der Waals surface area (Å²) in [6.07, 6.45) is 7.52. The Kier molecular flexibility index (Phi) is 9.22. The third kappa shape index (κ3) is 9.03. The molecule has 0 aliphatic carbocycles. The summed E-state index contributed by atoms with van der Waals surface area (Å²) in [4.78, 5) is 4.45. The quantitative estimate of drug-likeness (QED) is 0.267. The lowest BCUT2D eigenvalue weighted by molar-refractivity contribution is 0.216. The van der Waals surface area contributed by atoms with Crippen molar-refractivity contribution < 1.29 is 4.84 Å². The highest BCUT2D eigenvalue weighted by Gasteiger charge is 1.82. The van der Waals surface area contributed by atoms with Crippen LogP contribution in [0.15, 0.2) is 5.16 Å². The van der Waals surface area contributed by atoms with E-state index in [1.807, 2.05) is 0 Å². The lowest BCUT2D eigenvalue weighted by atomic mass is 10.2. The molecule has 0 aliphatic heterocycles. The third-order valence-electron chi connectivity index (χ3n) is 1.48. The predicted octanol–water partition coefficient (Wildman–Crippen LogP) is 2.59. The molecule has 0 radical (unpaired) electrons. The molecule has 12 heavy (non-hydrogen) atoms. The number of rotatable bonds is 5. The highest BCUT2D eigenvalue weighted by atomic mass is 16.6. The molecule has 0 saturated carbocycles. The third-order valence-corrected chi connectivity index (χ3v) is 1.48. The van der Waals surface area contributed by atoms with Gasteiger partial charge in [-0.15, -0.1) is 0 Å². The predicted molar refractivity (Wildman–Crippen MR) is 52.0 cm³/mol. The molecule has 0 heterocycles. The summed E-state index contributed by atoms with van der Waals surface area (Å²) in [7, 11) is 1.51. The number of hydrogen-bond acceptors (Lipinski definition) is 2. The first-order chi connectivity index (χ1) is 5.91. The first-order valence-electron chi connectivity index (χ1n) is 4.45. The van der Waals surface area contributed by atoms with Gasteiger partial charge in [0, 0.05) is 6.42 Å². The van der Waals surface area contributed by atoms with Crippen LogP contribution in [-0.4, -0.2) is 13.3 Å². The lowest BCUT2D eigenvalue weighted by Gasteiger charge is -1.91. The molecule has 68 valence electrons. The SMILES string of the molecule is CCCCCCC#C/C=N/OC. The Morgan fingerprint density at radius 3 is 2.83 bits per heavy atom. The van der Waals surface area contributed by atoms with E-state index in [2.05, 4.69) is 28.8 Å². The van der Waals surface area contributed by atoms with Crippen LogP contribution in [0, 0.1) is 11.8 Å². The van der Waals surface area contributed by atoms with E-state index in [4.69, 9.17) is 0 Å². The summed E-state index contributed by atoms with van der Waals surface area (Å²) >= 11 is 0. The molecule has 0 fully saturated rings. The molecule has 2 nitrogen and oxygen atoms in total. The molecule has 0 saturated heterocycles. The molecular formula is C10H17NO. The van der Waals surface area contributed by atoms with Crippen molar-refractivity contribution in [2.75, 3.05) is 7.11 Å². The van der Waals surface area contributed by atoms with Gasteiger partial charge in [-0.1, -0.05) is 43.2 Å². The number of unbranched alkanes of at least 4 members (excludes halogenated alkanes) is 4. The van der Waals surface area contributed by atoms with Crippen molar-refractivity contribution in [2.45, 2.75) is 39.0 Å². The maximum absolute atomic E-state index is 4.45. The summed E-state index contributed by atoms with van der Waals surface area (Å²) in [5, 5.41) is 3.51. The van der Waals surface area contributed by atoms with Gasteiger partial charge in [-0.25, -0.2) is 0 Å². The summed E-state index contributed by atoms with van der Waals surface area (Å²) in [6, 6.07) is 0. The van der Waals surface area contributed by atoms with Crippen LogP contribution >= 0.6 is 0 Å². The van der Waals surface area contributed by atoms with Crippen LogP contribution in [0.25, 0.3) is 0 Å². The van der Waals surface area contributed by atoms with Crippen LogP contribution < -0.4 is 0 Å². The maximum Gasteiger partial charge on any atom is 0.116 e. The van der Waals surface area contributed by atoms with Gasteiger partial charge < -0.3 is 4.84 Å². The first-order valence-corrected chi connectivity index (χ1v) is 4.45. The normalized spacial score (nSPS) is 9.50. The zero-order valence-corrected chi connectivity index (χ0v) is 7.97. The lowest BCUT2D eigenvalue weighted by Crippen LogP contribution is -1.74. The van der Waals surface area contributed by atoms with Crippen LogP contribution in [0.1, 0.15) is 39.0 Å². The summed E-state index contributed by atoms with van der Waals surface area (Å²) in [5.74, 6) is 5.80. The summed E-state index contributed by atoms with van der Waals surface area (Å²) < 4.78 is 0. The second-order valence-corrected chi connectivity index (χ2v) is 2.55. The zero-order valence-electron chi connectivity index (χ0n) is 7.97. The van der Waals surface area contributed by atoms with E-state index in [0.29, 0.717) is 0 Å². The van der Waals surface area contributed by atoms with Gasteiger partial charge in [0.2, 0.25) is 0 Å². The molecule has 0 N–H and O–H groups in total. The van der Waals surface area contributed by atoms with Crippen LogP contribution in [0.5, 0.6) is 0 Å². The van der Waals surface area contributed by atoms with Crippen LogP contribution in [0.3, 0.4) is 0 Å². The summed E-state index contributed by atoms with van der Waals surface area (Å²) in [6.45, 7) is 2.21. The van der Waals surface area contributed by atoms with Gasteiger partial charge in [0.05, 0.1) is 0 Å². The molecular weight excluding hydrogens is 150 g/mol. The van der Waals surface area contributed by atoms with Gasteiger partial charge >= 0.3 is 0 Å². The van der Waals surface area contributed by atoms with Gasteiger partial charge in [-0.2, -0.15) is 0 Å². The van der Waals surface area contributed by atoms with Gasteiger partial charge in [0.25, 0.3) is 0 Å². The van der Waals surface area contributed by atoms with Gasteiger partial charge in [0.15, 0.2) is 0 Å². The molecule has 0 rings (SSSR count). The molecule has 0 aromatic rings. The molecule has 0 aliphatic rings. The Bertz CT molecular complexity index is 164. The van der Waals surface area contributed by atoms with Crippen molar-refractivity contribution in [3.8, 4) is 11.8 Å². The molecule has 0 bridgehead atoms. The van der Waals surface area contributed by atoms with Crippen molar-refractivity contribution in [1.29, 1.82) is 0 Å². The Hall–Kier alpha value is -0.970.